The van der Waals surface area contributed by atoms with E-state index in [4.69, 9.17) is 0 Å². The van der Waals surface area contributed by atoms with Crippen LogP contribution < -0.4 is 10.2 Å². The van der Waals surface area contributed by atoms with Crippen molar-refractivity contribution in [3.63, 3.8) is 0 Å². The van der Waals surface area contributed by atoms with Gasteiger partial charge in [0.25, 0.3) is 0 Å². The Kier molecular flexibility index (Phi) is 4.81. The van der Waals surface area contributed by atoms with Crippen LogP contribution in [-0.2, 0) is 16.4 Å². The van der Waals surface area contributed by atoms with Gasteiger partial charge in [-0.15, -0.1) is 11.3 Å². The van der Waals surface area contributed by atoms with Crippen LogP contribution in [0.15, 0.2) is 0 Å². The first kappa shape index (κ1) is 14.7. The second kappa shape index (κ2) is 6.19. The molecule has 108 valence electrons. The van der Waals surface area contributed by atoms with Crippen molar-refractivity contribution in [2.75, 3.05) is 36.0 Å². The van der Waals surface area contributed by atoms with E-state index >= 15 is 0 Å². The van der Waals surface area contributed by atoms with Gasteiger partial charge < -0.3 is 10.2 Å². The van der Waals surface area contributed by atoms with Crippen molar-refractivity contribution in [3.8, 4) is 0 Å². The Hall–Kier alpha value is -0.660. The number of rotatable bonds is 5. The van der Waals surface area contributed by atoms with Crippen LogP contribution in [0.5, 0.6) is 0 Å². The lowest BCUT2D eigenvalue weighted by atomic mass is 10.4. The molecule has 1 aliphatic rings. The minimum Gasteiger partial charge on any atom is -0.346 e. The quantitative estimate of drug-likeness (QED) is 0.828. The topological polar surface area (TPSA) is 62.3 Å². The Morgan fingerprint density at radius 1 is 1.37 bits per heavy atom. The molecule has 0 unspecified atom stereocenters. The molecule has 0 atom stereocenters. The highest BCUT2D eigenvalue weighted by Crippen LogP contribution is 2.27. The Morgan fingerprint density at radius 3 is 2.68 bits per heavy atom. The maximum atomic E-state index is 11.4. The Labute approximate surface area is 119 Å². The lowest BCUT2D eigenvalue weighted by Gasteiger charge is -2.25. The van der Waals surface area contributed by atoms with Gasteiger partial charge >= 0.3 is 0 Å². The molecule has 0 bridgehead atoms. The molecule has 1 fully saturated rings. The number of hydrogen-bond acceptors (Lipinski definition) is 6. The van der Waals surface area contributed by atoms with Gasteiger partial charge in [0, 0.05) is 24.5 Å². The Bertz CT molecular complexity index is 511. The molecule has 0 aromatic carbocycles. The van der Waals surface area contributed by atoms with Gasteiger partial charge in [0.05, 0.1) is 17.2 Å². The summed E-state index contributed by atoms with van der Waals surface area (Å²) >= 11 is 1.67. The summed E-state index contributed by atoms with van der Waals surface area (Å²) in [5, 5.41) is 4.34. The zero-order valence-electron chi connectivity index (χ0n) is 11.5. The van der Waals surface area contributed by atoms with Crippen molar-refractivity contribution < 1.29 is 8.42 Å². The second-order valence-corrected chi connectivity index (χ2v) is 8.19. The largest absolute Gasteiger partial charge is 0.346 e. The molecule has 0 radical (unpaired) electrons. The van der Waals surface area contributed by atoms with E-state index in [-0.39, 0.29) is 11.5 Å². The maximum absolute atomic E-state index is 11.4. The number of aryl methyl sites for hydroxylation is 1. The molecule has 2 heterocycles. The van der Waals surface area contributed by atoms with Gasteiger partial charge in [-0.1, -0.05) is 6.92 Å². The standard InChI is InChI=1S/C12H21N3O2S2/c1-3-4-13-9-11-10(2)14-12(18-11)15-5-7-19(16,17)8-6-15/h13H,3-9H2,1-2H3. The first-order valence-corrected chi connectivity index (χ1v) is 9.28. The number of anilines is 1. The predicted octanol–water partition coefficient (Wildman–Crippen LogP) is 1.19. The second-order valence-electron chi connectivity index (χ2n) is 4.82. The molecule has 1 saturated heterocycles. The first-order chi connectivity index (χ1) is 9.02. The Morgan fingerprint density at radius 2 is 2.05 bits per heavy atom. The lowest BCUT2D eigenvalue weighted by molar-refractivity contribution is 0.586. The van der Waals surface area contributed by atoms with Gasteiger partial charge in [0.2, 0.25) is 0 Å². The summed E-state index contributed by atoms with van der Waals surface area (Å²) in [6.45, 7) is 7.15. The van der Waals surface area contributed by atoms with Crippen LogP contribution in [-0.4, -0.2) is 44.5 Å². The number of nitrogens with zero attached hydrogens (tertiary/aromatic N) is 2. The van der Waals surface area contributed by atoms with Gasteiger partial charge in [-0.3, -0.25) is 0 Å². The van der Waals surface area contributed by atoms with E-state index in [1.807, 2.05) is 6.92 Å². The number of nitrogens with one attached hydrogen (secondary N) is 1. The molecular formula is C12H21N3O2S2. The number of sulfone groups is 1. The lowest BCUT2D eigenvalue weighted by Crippen LogP contribution is -2.40. The first-order valence-electron chi connectivity index (χ1n) is 6.64. The minimum absolute atomic E-state index is 0.245. The summed E-state index contributed by atoms with van der Waals surface area (Å²) in [6, 6.07) is 0. The van der Waals surface area contributed by atoms with E-state index in [0.717, 1.165) is 30.3 Å². The van der Waals surface area contributed by atoms with Crippen molar-refractivity contribution in [1.29, 1.82) is 0 Å². The van der Waals surface area contributed by atoms with Gasteiger partial charge in [-0.2, -0.15) is 0 Å². The van der Waals surface area contributed by atoms with E-state index in [0.29, 0.717) is 13.1 Å². The van der Waals surface area contributed by atoms with Crippen molar-refractivity contribution >= 4 is 26.3 Å². The summed E-state index contributed by atoms with van der Waals surface area (Å²) in [7, 11) is -2.82. The van der Waals surface area contributed by atoms with E-state index < -0.39 is 9.84 Å². The third kappa shape index (κ3) is 3.90. The molecule has 5 nitrogen and oxygen atoms in total. The number of thiazole rings is 1. The molecule has 0 spiro atoms. The zero-order chi connectivity index (χ0) is 13.9. The molecule has 1 aromatic rings. The van der Waals surface area contributed by atoms with Crippen LogP contribution in [0, 0.1) is 6.92 Å². The highest BCUT2D eigenvalue weighted by atomic mass is 32.2. The fourth-order valence-corrected chi connectivity index (χ4v) is 4.28. The molecule has 2 rings (SSSR count). The van der Waals surface area contributed by atoms with Crippen LogP contribution in [0.2, 0.25) is 0 Å². The summed E-state index contributed by atoms with van der Waals surface area (Å²) in [4.78, 5) is 7.90. The third-order valence-electron chi connectivity index (χ3n) is 3.21. The molecule has 1 aromatic heterocycles. The van der Waals surface area contributed by atoms with Gasteiger partial charge in [0.1, 0.15) is 0 Å². The van der Waals surface area contributed by atoms with Crippen LogP contribution in [0.3, 0.4) is 0 Å². The molecular weight excluding hydrogens is 282 g/mol. The molecule has 1 aliphatic heterocycles. The van der Waals surface area contributed by atoms with Crippen LogP contribution in [0.4, 0.5) is 5.13 Å². The van der Waals surface area contributed by atoms with E-state index in [2.05, 4.69) is 22.1 Å². The highest BCUT2D eigenvalue weighted by molar-refractivity contribution is 7.91. The van der Waals surface area contributed by atoms with Crippen molar-refractivity contribution in [2.45, 2.75) is 26.8 Å². The van der Waals surface area contributed by atoms with E-state index in [1.165, 1.54) is 4.88 Å². The monoisotopic (exact) mass is 303 g/mol. The van der Waals surface area contributed by atoms with Crippen LogP contribution in [0.1, 0.15) is 23.9 Å². The zero-order valence-corrected chi connectivity index (χ0v) is 13.1. The maximum Gasteiger partial charge on any atom is 0.185 e. The Balaban J connectivity index is 2.00. The van der Waals surface area contributed by atoms with Crippen molar-refractivity contribution in [3.05, 3.63) is 10.6 Å². The molecule has 7 heteroatoms. The normalized spacial score (nSPS) is 18.7. The van der Waals surface area contributed by atoms with Gasteiger partial charge in [-0.25, -0.2) is 13.4 Å². The highest BCUT2D eigenvalue weighted by Gasteiger charge is 2.24. The summed E-state index contributed by atoms with van der Waals surface area (Å²) in [6.07, 6.45) is 1.12. The average molecular weight is 303 g/mol. The summed E-state index contributed by atoms with van der Waals surface area (Å²) < 4.78 is 22.8. The van der Waals surface area contributed by atoms with E-state index in [9.17, 15) is 8.42 Å². The minimum atomic E-state index is -2.82. The fraction of sp³-hybridized carbons (Fsp3) is 0.750. The van der Waals surface area contributed by atoms with Gasteiger partial charge in [0.15, 0.2) is 15.0 Å². The van der Waals surface area contributed by atoms with Crippen molar-refractivity contribution in [1.82, 2.24) is 10.3 Å². The van der Waals surface area contributed by atoms with Crippen LogP contribution >= 0.6 is 11.3 Å². The molecule has 0 amide bonds. The summed E-state index contributed by atoms with van der Waals surface area (Å²) in [5.74, 6) is 0.490. The molecule has 0 saturated carbocycles. The smallest absolute Gasteiger partial charge is 0.185 e. The molecule has 0 aliphatic carbocycles. The number of aromatic nitrogens is 1. The summed E-state index contributed by atoms with van der Waals surface area (Å²) in [5.41, 5.74) is 1.05. The fourth-order valence-electron chi connectivity index (χ4n) is 1.99. The third-order valence-corrected chi connectivity index (χ3v) is 6.04. The number of hydrogen-bond donors (Lipinski definition) is 1. The van der Waals surface area contributed by atoms with Crippen molar-refractivity contribution in [2.24, 2.45) is 0 Å². The molecule has 19 heavy (non-hydrogen) atoms. The van der Waals surface area contributed by atoms with Gasteiger partial charge in [-0.05, 0) is 19.9 Å². The average Bonchev–Trinajstić information content (AvgIpc) is 2.71. The van der Waals surface area contributed by atoms with E-state index in [1.54, 1.807) is 11.3 Å². The SMILES string of the molecule is CCCNCc1sc(N2CCS(=O)(=O)CC2)nc1C. The predicted molar refractivity (Wildman–Crippen MR) is 79.7 cm³/mol. The van der Waals surface area contributed by atoms with Crippen LogP contribution in [0.25, 0.3) is 0 Å². The molecule has 1 N–H and O–H groups in total.